The molecule has 3 atom stereocenters. The number of aliphatic hydroxyl groups excluding tert-OH is 1. The second kappa shape index (κ2) is 3.11. The Morgan fingerprint density at radius 3 is 2.42 bits per heavy atom. The Kier molecular flexibility index (Phi) is 1.96. The minimum atomic E-state index is -0.359. The first kappa shape index (κ1) is 7.56. The van der Waals surface area contributed by atoms with E-state index in [1.54, 1.807) is 0 Å². The van der Waals surface area contributed by atoms with E-state index >= 15 is 0 Å². The van der Waals surface area contributed by atoms with Crippen LogP contribution in [0.1, 0.15) is 0 Å². The summed E-state index contributed by atoms with van der Waals surface area (Å²) in [5.74, 6) is 0.505. The maximum Gasteiger partial charge on any atom is 0.0818 e. The second-order valence-electron chi connectivity index (χ2n) is 3.18. The van der Waals surface area contributed by atoms with Crippen LogP contribution >= 0.6 is 0 Å². The van der Waals surface area contributed by atoms with Crippen LogP contribution < -0.4 is 0 Å². The van der Waals surface area contributed by atoms with Crippen molar-refractivity contribution in [3.63, 3.8) is 0 Å². The molecule has 0 aromatic heterocycles. The Balaban J connectivity index is 2.38. The van der Waals surface area contributed by atoms with E-state index in [9.17, 15) is 5.11 Å². The van der Waals surface area contributed by atoms with Crippen molar-refractivity contribution in [2.45, 2.75) is 6.10 Å². The third-order valence-electron chi connectivity index (χ3n) is 2.26. The van der Waals surface area contributed by atoms with Crippen LogP contribution in [0.2, 0.25) is 0 Å². The van der Waals surface area contributed by atoms with Gasteiger partial charge in [0, 0.05) is 11.8 Å². The molecular formula is C11H12O. The third-order valence-corrected chi connectivity index (χ3v) is 2.26. The Morgan fingerprint density at radius 2 is 1.50 bits per heavy atom. The van der Waals surface area contributed by atoms with Crippen molar-refractivity contribution >= 4 is 0 Å². The SMILES string of the molecule is O[C@H]1C=CC2C=CC1/C=C\C=C/2. The van der Waals surface area contributed by atoms with Gasteiger partial charge in [-0.05, 0) is 0 Å². The highest BCUT2D eigenvalue weighted by molar-refractivity contribution is 5.25. The first-order valence-electron chi connectivity index (χ1n) is 4.26. The molecule has 0 saturated carbocycles. The highest BCUT2D eigenvalue weighted by Gasteiger charge is 2.14. The topological polar surface area (TPSA) is 20.2 Å². The molecule has 62 valence electrons. The first-order chi connectivity index (χ1) is 5.86. The molecule has 2 aliphatic rings. The second-order valence-corrected chi connectivity index (χ2v) is 3.18. The van der Waals surface area contributed by atoms with Crippen LogP contribution in [0.15, 0.2) is 48.6 Å². The lowest BCUT2D eigenvalue weighted by Crippen LogP contribution is -2.12. The van der Waals surface area contributed by atoms with Gasteiger partial charge in [-0.1, -0.05) is 48.6 Å². The third kappa shape index (κ3) is 1.41. The number of aliphatic hydroxyl groups is 1. The Labute approximate surface area is 72.4 Å². The van der Waals surface area contributed by atoms with Gasteiger partial charge >= 0.3 is 0 Å². The van der Waals surface area contributed by atoms with E-state index in [1.807, 2.05) is 30.4 Å². The average Bonchev–Trinajstić information content (AvgIpc) is 2.12. The van der Waals surface area contributed by atoms with Crippen LogP contribution in [0.4, 0.5) is 0 Å². The van der Waals surface area contributed by atoms with E-state index in [1.165, 1.54) is 0 Å². The number of hydrogen-bond donors (Lipinski definition) is 1. The molecule has 1 N–H and O–H groups in total. The van der Waals surface area contributed by atoms with Gasteiger partial charge in [0.05, 0.1) is 6.10 Å². The molecule has 0 aliphatic heterocycles. The van der Waals surface area contributed by atoms with Gasteiger partial charge < -0.3 is 5.11 Å². The minimum Gasteiger partial charge on any atom is -0.388 e. The molecule has 2 unspecified atom stereocenters. The van der Waals surface area contributed by atoms with Crippen LogP contribution in [0.25, 0.3) is 0 Å². The van der Waals surface area contributed by atoms with Crippen molar-refractivity contribution in [2.75, 3.05) is 0 Å². The van der Waals surface area contributed by atoms with Gasteiger partial charge in [0.25, 0.3) is 0 Å². The summed E-state index contributed by atoms with van der Waals surface area (Å²) in [6.45, 7) is 0. The standard InChI is InChI=1S/C11H12O/c12-11-8-6-9-3-1-2-4-10(11)7-5-9/h1-12H/b3-1-,4-2-/t9?,10?,11-/m0/s1. The van der Waals surface area contributed by atoms with Crippen molar-refractivity contribution in [1.29, 1.82) is 0 Å². The number of fused-ring (bicyclic) bond motifs is 2. The monoisotopic (exact) mass is 160 g/mol. The fraction of sp³-hybridized carbons (Fsp3) is 0.273. The molecular weight excluding hydrogens is 148 g/mol. The minimum absolute atomic E-state index is 0.149. The molecule has 0 spiro atoms. The van der Waals surface area contributed by atoms with Crippen LogP contribution in [0, 0.1) is 11.8 Å². The average molecular weight is 160 g/mol. The van der Waals surface area contributed by atoms with Gasteiger partial charge in [0.2, 0.25) is 0 Å². The Morgan fingerprint density at radius 1 is 0.750 bits per heavy atom. The van der Waals surface area contributed by atoms with Gasteiger partial charge in [-0.3, -0.25) is 0 Å². The van der Waals surface area contributed by atoms with Gasteiger partial charge in [-0.2, -0.15) is 0 Å². The number of rotatable bonds is 0. The predicted octanol–water partition coefficient (Wildman–Crippen LogP) is 1.83. The zero-order valence-electron chi connectivity index (χ0n) is 6.80. The van der Waals surface area contributed by atoms with E-state index in [0.29, 0.717) is 5.92 Å². The molecule has 2 bridgehead atoms. The molecule has 2 rings (SSSR count). The Hall–Kier alpha value is -1.08. The lowest BCUT2D eigenvalue weighted by molar-refractivity contribution is 0.197. The molecule has 0 fully saturated rings. The normalized spacial score (nSPS) is 43.2. The predicted molar refractivity (Wildman–Crippen MR) is 49.5 cm³/mol. The molecule has 12 heavy (non-hydrogen) atoms. The summed E-state index contributed by atoms with van der Waals surface area (Å²) < 4.78 is 0. The maximum absolute atomic E-state index is 9.61. The molecule has 0 heterocycles. The van der Waals surface area contributed by atoms with E-state index in [-0.39, 0.29) is 12.0 Å². The van der Waals surface area contributed by atoms with Crippen molar-refractivity contribution in [1.82, 2.24) is 0 Å². The van der Waals surface area contributed by atoms with Gasteiger partial charge in [0.15, 0.2) is 0 Å². The summed E-state index contributed by atoms with van der Waals surface area (Å²) in [7, 11) is 0. The van der Waals surface area contributed by atoms with Crippen molar-refractivity contribution in [3.8, 4) is 0 Å². The maximum atomic E-state index is 9.61. The molecule has 0 aromatic carbocycles. The number of allylic oxidation sites excluding steroid dienone is 5. The van der Waals surface area contributed by atoms with E-state index in [2.05, 4.69) is 18.2 Å². The fourth-order valence-electron chi connectivity index (χ4n) is 1.50. The molecule has 0 saturated heterocycles. The zero-order chi connectivity index (χ0) is 8.39. The smallest absolute Gasteiger partial charge is 0.0818 e. The van der Waals surface area contributed by atoms with Crippen LogP contribution in [-0.2, 0) is 0 Å². The summed E-state index contributed by atoms with van der Waals surface area (Å²) in [6, 6.07) is 0. The van der Waals surface area contributed by atoms with E-state index in [0.717, 1.165) is 0 Å². The van der Waals surface area contributed by atoms with Crippen molar-refractivity contribution < 1.29 is 5.11 Å². The van der Waals surface area contributed by atoms with E-state index in [4.69, 9.17) is 0 Å². The summed E-state index contributed by atoms with van der Waals surface area (Å²) in [5.41, 5.74) is 0. The molecule has 1 nitrogen and oxygen atoms in total. The first-order valence-corrected chi connectivity index (χ1v) is 4.26. The Bertz CT molecular complexity index is 271. The molecule has 2 aliphatic carbocycles. The lowest BCUT2D eigenvalue weighted by atomic mass is 10.0. The zero-order valence-corrected chi connectivity index (χ0v) is 6.80. The highest BCUT2D eigenvalue weighted by atomic mass is 16.3. The molecule has 1 heteroatoms. The summed E-state index contributed by atoms with van der Waals surface area (Å²) in [4.78, 5) is 0. The summed E-state index contributed by atoms with van der Waals surface area (Å²) >= 11 is 0. The molecule has 0 radical (unpaired) electrons. The number of hydrogen-bond acceptors (Lipinski definition) is 1. The highest BCUT2D eigenvalue weighted by Crippen LogP contribution is 2.19. The fourth-order valence-corrected chi connectivity index (χ4v) is 1.50. The van der Waals surface area contributed by atoms with Crippen LogP contribution in [0.3, 0.4) is 0 Å². The van der Waals surface area contributed by atoms with E-state index < -0.39 is 0 Å². The van der Waals surface area contributed by atoms with Crippen LogP contribution in [-0.4, -0.2) is 11.2 Å². The molecule has 0 amide bonds. The van der Waals surface area contributed by atoms with Crippen LogP contribution in [0.5, 0.6) is 0 Å². The summed E-state index contributed by atoms with van der Waals surface area (Å²) in [6.07, 6.45) is 15.9. The quantitative estimate of drug-likeness (QED) is 0.536. The summed E-state index contributed by atoms with van der Waals surface area (Å²) in [5, 5.41) is 9.61. The lowest BCUT2D eigenvalue weighted by Gasteiger charge is -2.10. The van der Waals surface area contributed by atoms with Gasteiger partial charge in [-0.25, -0.2) is 0 Å². The van der Waals surface area contributed by atoms with Gasteiger partial charge in [-0.15, -0.1) is 0 Å². The largest absolute Gasteiger partial charge is 0.388 e. The molecule has 0 aromatic rings. The van der Waals surface area contributed by atoms with Crippen molar-refractivity contribution in [2.24, 2.45) is 11.8 Å². The van der Waals surface area contributed by atoms with Gasteiger partial charge in [0.1, 0.15) is 0 Å². The van der Waals surface area contributed by atoms with Crippen molar-refractivity contribution in [3.05, 3.63) is 48.6 Å².